The summed E-state index contributed by atoms with van der Waals surface area (Å²) in [4.78, 5) is 26.6. The lowest BCUT2D eigenvalue weighted by molar-refractivity contribution is -0.122. The number of carbonyl (C=O) groups is 2. The first-order valence-electron chi connectivity index (χ1n) is 8.76. The summed E-state index contributed by atoms with van der Waals surface area (Å²) in [5, 5.41) is 10.3. The van der Waals surface area contributed by atoms with Crippen molar-refractivity contribution in [2.45, 2.75) is 6.42 Å². The van der Waals surface area contributed by atoms with E-state index in [2.05, 4.69) is 15.5 Å². The van der Waals surface area contributed by atoms with Crippen LogP contribution in [0.1, 0.15) is 6.42 Å². The molecule has 3 aromatic rings. The smallest absolute Gasteiger partial charge is 0.247 e. The maximum absolute atomic E-state index is 12.6. The van der Waals surface area contributed by atoms with E-state index < -0.39 is 5.92 Å². The maximum Gasteiger partial charge on any atom is 0.247 e. The first kappa shape index (κ1) is 17.7. The molecule has 142 valence electrons. The zero-order valence-corrected chi connectivity index (χ0v) is 15.2. The molecule has 4 rings (SSSR count). The normalized spacial score (nSPS) is 16.2. The molecule has 28 heavy (non-hydrogen) atoms. The summed E-state index contributed by atoms with van der Waals surface area (Å²) < 4.78 is 10.3. The van der Waals surface area contributed by atoms with Gasteiger partial charge in [-0.3, -0.25) is 9.59 Å². The van der Waals surface area contributed by atoms with Crippen LogP contribution in [-0.4, -0.2) is 35.7 Å². The van der Waals surface area contributed by atoms with E-state index in [0.717, 1.165) is 11.3 Å². The molecule has 0 saturated carbocycles. The van der Waals surface area contributed by atoms with Crippen molar-refractivity contribution in [3.8, 4) is 17.2 Å². The predicted octanol–water partition coefficient (Wildman–Crippen LogP) is 2.74. The van der Waals surface area contributed by atoms with Gasteiger partial charge in [0.25, 0.3) is 0 Å². The van der Waals surface area contributed by atoms with Gasteiger partial charge in [0, 0.05) is 29.9 Å². The van der Waals surface area contributed by atoms with Crippen molar-refractivity contribution in [3.63, 3.8) is 0 Å². The van der Waals surface area contributed by atoms with Crippen LogP contribution in [0.5, 0.6) is 5.75 Å². The molecule has 8 heteroatoms. The van der Waals surface area contributed by atoms with E-state index in [4.69, 9.17) is 9.15 Å². The van der Waals surface area contributed by atoms with Gasteiger partial charge in [0.1, 0.15) is 5.75 Å². The Bertz CT molecular complexity index is 968. The number of amides is 2. The van der Waals surface area contributed by atoms with Gasteiger partial charge in [-0.1, -0.05) is 0 Å². The highest BCUT2D eigenvalue weighted by atomic mass is 16.5. The molecule has 1 aliphatic heterocycles. The summed E-state index contributed by atoms with van der Waals surface area (Å²) in [6.07, 6.45) is 1.44. The summed E-state index contributed by atoms with van der Waals surface area (Å²) in [5.74, 6) is 0.459. The molecule has 1 aromatic heterocycles. The number of hydrogen-bond acceptors (Lipinski definition) is 6. The van der Waals surface area contributed by atoms with Crippen LogP contribution in [0.25, 0.3) is 11.5 Å². The first-order valence-corrected chi connectivity index (χ1v) is 8.76. The highest BCUT2D eigenvalue weighted by molar-refractivity contribution is 6.03. The van der Waals surface area contributed by atoms with Gasteiger partial charge >= 0.3 is 0 Å². The summed E-state index contributed by atoms with van der Waals surface area (Å²) in [7, 11) is 1.59. The van der Waals surface area contributed by atoms with Crippen LogP contribution in [-0.2, 0) is 9.59 Å². The van der Waals surface area contributed by atoms with Crippen LogP contribution in [0.4, 0.5) is 11.4 Å². The topological polar surface area (TPSA) is 97.6 Å². The molecule has 0 spiro atoms. The molecule has 1 N–H and O–H groups in total. The van der Waals surface area contributed by atoms with E-state index in [1.807, 2.05) is 12.1 Å². The Balaban J connectivity index is 1.40. The molecule has 0 bridgehead atoms. The Kier molecular flexibility index (Phi) is 4.76. The number of ether oxygens (including phenoxy) is 1. The fraction of sp³-hybridized carbons (Fsp3) is 0.200. The number of carbonyl (C=O) groups excluding carboxylic acids is 2. The van der Waals surface area contributed by atoms with Gasteiger partial charge in [0.15, 0.2) is 0 Å². The average molecular weight is 378 g/mol. The van der Waals surface area contributed by atoms with Crippen LogP contribution < -0.4 is 15.0 Å². The predicted molar refractivity (Wildman–Crippen MR) is 102 cm³/mol. The zero-order valence-electron chi connectivity index (χ0n) is 15.2. The molecule has 0 radical (unpaired) electrons. The van der Waals surface area contributed by atoms with Crippen molar-refractivity contribution in [2.75, 3.05) is 23.9 Å². The third-order valence-corrected chi connectivity index (χ3v) is 4.64. The third kappa shape index (κ3) is 3.57. The standard InChI is InChI=1S/C20H18N4O4/c1-27-17-8-6-16(7-9-17)24-11-14(10-18(24)25)19(26)22-15-4-2-13(3-5-15)20-23-21-12-28-20/h2-9,12,14H,10-11H2,1H3,(H,22,26). The van der Waals surface area contributed by atoms with Crippen molar-refractivity contribution in [1.29, 1.82) is 0 Å². The molecule has 1 atom stereocenters. The lowest BCUT2D eigenvalue weighted by Gasteiger charge is -2.17. The molecule has 1 fully saturated rings. The Morgan fingerprint density at radius 1 is 1.18 bits per heavy atom. The number of nitrogens with one attached hydrogen (secondary N) is 1. The molecule has 1 aliphatic rings. The van der Waals surface area contributed by atoms with Crippen molar-refractivity contribution >= 4 is 23.2 Å². The van der Waals surface area contributed by atoms with Gasteiger partial charge in [-0.2, -0.15) is 0 Å². The largest absolute Gasteiger partial charge is 0.497 e. The molecule has 2 amide bonds. The zero-order chi connectivity index (χ0) is 19.5. The van der Waals surface area contributed by atoms with E-state index in [-0.39, 0.29) is 18.2 Å². The number of aromatic nitrogens is 2. The second kappa shape index (κ2) is 7.51. The number of nitrogens with zero attached hydrogens (tertiary/aromatic N) is 3. The third-order valence-electron chi connectivity index (χ3n) is 4.64. The first-order chi connectivity index (χ1) is 13.6. The number of benzene rings is 2. The highest BCUT2D eigenvalue weighted by Gasteiger charge is 2.35. The Morgan fingerprint density at radius 2 is 1.93 bits per heavy atom. The van der Waals surface area contributed by atoms with E-state index in [1.165, 1.54) is 6.39 Å². The number of methoxy groups -OCH3 is 1. The van der Waals surface area contributed by atoms with Crippen LogP contribution >= 0.6 is 0 Å². The van der Waals surface area contributed by atoms with Gasteiger partial charge in [-0.25, -0.2) is 0 Å². The molecule has 2 aromatic carbocycles. The average Bonchev–Trinajstić information content (AvgIpc) is 3.39. The Labute approximate surface area is 161 Å². The summed E-state index contributed by atoms with van der Waals surface area (Å²) in [5.41, 5.74) is 2.16. The fourth-order valence-electron chi connectivity index (χ4n) is 3.13. The number of anilines is 2. The Morgan fingerprint density at radius 3 is 2.57 bits per heavy atom. The SMILES string of the molecule is COc1ccc(N2CC(C(=O)Nc3ccc(-c4nnco4)cc3)CC2=O)cc1. The van der Waals surface area contributed by atoms with E-state index in [9.17, 15) is 9.59 Å². The monoisotopic (exact) mass is 378 g/mol. The van der Waals surface area contributed by atoms with Crippen LogP contribution in [0.15, 0.2) is 59.3 Å². The van der Waals surface area contributed by atoms with Crippen molar-refractivity contribution in [2.24, 2.45) is 5.92 Å². The van der Waals surface area contributed by atoms with E-state index in [1.54, 1.807) is 48.4 Å². The number of rotatable bonds is 5. The van der Waals surface area contributed by atoms with Crippen LogP contribution in [0, 0.1) is 5.92 Å². The molecule has 1 saturated heterocycles. The van der Waals surface area contributed by atoms with Gasteiger partial charge in [0.05, 0.1) is 13.0 Å². The Hall–Kier alpha value is -3.68. The lowest BCUT2D eigenvalue weighted by atomic mass is 10.1. The molecule has 1 unspecified atom stereocenters. The second-order valence-electron chi connectivity index (χ2n) is 6.41. The molecule has 2 heterocycles. The molecular weight excluding hydrogens is 360 g/mol. The van der Waals surface area contributed by atoms with Crippen molar-refractivity contribution < 1.29 is 18.7 Å². The lowest BCUT2D eigenvalue weighted by Crippen LogP contribution is -2.28. The fourth-order valence-corrected chi connectivity index (χ4v) is 3.13. The second-order valence-corrected chi connectivity index (χ2v) is 6.41. The van der Waals surface area contributed by atoms with Crippen molar-refractivity contribution in [3.05, 3.63) is 54.9 Å². The van der Waals surface area contributed by atoms with Crippen molar-refractivity contribution in [1.82, 2.24) is 10.2 Å². The van der Waals surface area contributed by atoms with Gasteiger partial charge in [-0.05, 0) is 48.5 Å². The van der Waals surface area contributed by atoms with E-state index in [0.29, 0.717) is 23.9 Å². The summed E-state index contributed by atoms with van der Waals surface area (Å²) >= 11 is 0. The summed E-state index contributed by atoms with van der Waals surface area (Å²) in [6.45, 7) is 0.344. The van der Waals surface area contributed by atoms with Gasteiger partial charge < -0.3 is 19.4 Å². The highest BCUT2D eigenvalue weighted by Crippen LogP contribution is 2.28. The minimum Gasteiger partial charge on any atom is -0.497 e. The molecule has 8 nitrogen and oxygen atoms in total. The minimum absolute atomic E-state index is 0.0722. The molecule has 0 aliphatic carbocycles. The maximum atomic E-state index is 12.6. The summed E-state index contributed by atoms with van der Waals surface area (Å²) in [6, 6.07) is 14.3. The molecular formula is C20H18N4O4. The van der Waals surface area contributed by atoms with Crippen LogP contribution in [0.3, 0.4) is 0 Å². The minimum atomic E-state index is -0.412. The van der Waals surface area contributed by atoms with Gasteiger partial charge in [-0.15, -0.1) is 10.2 Å². The quantitative estimate of drug-likeness (QED) is 0.733. The van der Waals surface area contributed by atoms with Crippen LogP contribution in [0.2, 0.25) is 0 Å². The van der Waals surface area contributed by atoms with E-state index >= 15 is 0 Å². The van der Waals surface area contributed by atoms with Gasteiger partial charge in [0.2, 0.25) is 24.1 Å². The number of hydrogen-bond donors (Lipinski definition) is 1.